The number of ether oxygens (including phenoxy) is 1. The van der Waals surface area contributed by atoms with Gasteiger partial charge in [-0.25, -0.2) is 4.98 Å². The lowest BCUT2D eigenvalue weighted by Crippen LogP contribution is -2.51. The van der Waals surface area contributed by atoms with Gasteiger partial charge in [0.15, 0.2) is 0 Å². The third-order valence-electron chi connectivity index (χ3n) is 6.79. The van der Waals surface area contributed by atoms with Gasteiger partial charge in [0.2, 0.25) is 5.95 Å². The Morgan fingerprint density at radius 2 is 1.72 bits per heavy atom. The van der Waals surface area contributed by atoms with Gasteiger partial charge in [0.25, 0.3) is 5.56 Å². The van der Waals surface area contributed by atoms with Gasteiger partial charge >= 0.3 is 0 Å². The largest absolute Gasteiger partial charge is 0.497 e. The van der Waals surface area contributed by atoms with E-state index in [1.807, 2.05) is 54.0 Å². The molecule has 1 saturated carbocycles. The summed E-state index contributed by atoms with van der Waals surface area (Å²) in [6.07, 6.45) is 5.51. The SMILES string of the molecule is COc1ccc(N2CN(C3CCCC3)Cn3c2nc(C)c(Cc2ccccc2)c3=O)cc1. The van der Waals surface area contributed by atoms with Crippen LogP contribution in [0.4, 0.5) is 11.6 Å². The van der Waals surface area contributed by atoms with Crippen LogP contribution in [-0.2, 0) is 13.1 Å². The zero-order chi connectivity index (χ0) is 22.1. The Hall–Kier alpha value is -3.12. The molecule has 2 aliphatic rings. The Morgan fingerprint density at radius 3 is 2.41 bits per heavy atom. The van der Waals surface area contributed by atoms with E-state index in [-0.39, 0.29) is 5.56 Å². The molecule has 5 rings (SSSR count). The standard InChI is InChI=1S/C26H30N4O2/c1-19-24(16-20-8-4-3-5-9-20)25(31)30-18-28(21-10-6-7-11-21)17-29(26(30)27-19)22-12-14-23(32-2)15-13-22/h3-5,8-9,12-15,21H,6-7,10-11,16-18H2,1-2H3. The van der Waals surface area contributed by atoms with Crippen LogP contribution in [0, 0.1) is 6.92 Å². The molecule has 1 aliphatic carbocycles. The zero-order valence-corrected chi connectivity index (χ0v) is 18.8. The molecular formula is C26H30N4O2. The highest BCUT2D eigenvalue weighted by Gasteiger charge is 2.32. The third kappa shape index (κ3) is 3.91. The molecule has 1 fully saturated rings. The summed E-state index contributed by atoms with van der Waals surface area (Å²) in [4.78, 5) is 23.3. The fraction of sp³-hybridized carbons (Fsp3) is 0.385. The van der Waals surface area contributed by atoms with Gasteiger partial charge in [0.1, 0.15) is 5.75 Å². The van der Waals surface area contributed by atoms with E-state index in [4.69, 9.17) is 9.72 Å². The molecule has 6 nitrogen and oxygen atoms in total. The van der Waals surface area contributed by atoms with Gasteiger partial charge in [0, 0.05) is 23.7 Å². The summed E-state index contributed by atoms with van der Waals surface area (Å²) in [6, 6.07) is 18.7. The maximum Gasteiger partial charge on any atom is 0.259 e. The Kier molecular flexibility index (Phi) is 5.70. The van der Waals surface area contributed by atoms with Gasteiger partial charge in [-0.05, 0) is 49.6 Å². The predicted molar refractivity (Wildman–Crippen MR) is 127 cm³/mol. The van der Waals surface area contributed by atoms with Crippen molar-refractivity contribution in [2.24, 2.45) is 0 Å². The Balaban J connectivity index is 1.58. The average Bonchev–Trinajstić information content (AvgIpc) is 3.37. The van der Waals surface area contributed by atoms with Crippen molar-refractivity contribution >= 4 is 11.6 Å². The Labute approximate surface area is 189 Å². The summed E-state index contributed by atoms with van der Waals surface area (Å²) in [6.45, 7) is 3.29. The second kappa shape index (κ2) is 8.79. The maximum absolute atomic E-state index is 13.7. The molecule has 166 valence electrons. The van der Waals surface area contributed by atoms with Crippen LogP contribution in [0.2, 0.25) is 0 Å². The summed E-state index contributed by atoms with van der Waals surface area (Å²) in [5, 5.41) is 0. The van der Waals surface area contributed by atoms with Gasteiger partial charge in [-0.3, -0.25) is 19.2 Å². The first-order chi connectivity index (χ1) is 15.6. The molecule has 1 aliphatic heterocycles. The van der Waals surface area contributed by atoms with Crippen molar-refractivity contribution in [3.63, 3.8) is 0 Å². The highest BCUT2D eigenvalue weighted by molar-refractivity contribution is 5.59. The quantitative estimate of drug-likeness (QED) is 0.598. The lowest BCUT2D eigenvalue weighted by atomic mass is 10.1. The van der Waals surface area contributed by atoms with Crippen LogP contribution in [0.3, 0.4) is 0 Å². The van der Waals surface area contributed by atoms with Crippen LogP contribution < -0.4 is 15.2 Å². The Bertz CT molecular complexity index is 1130. The number of aromatic nitrogens is 2. The first-order valence-corrected chi connectivity index (χ1v) is 11.4. The van der Waals surface area contributed by atoms with E-state index in [0.29, 0.717) is 19.1 Å². The third-order valence-corrected chi connectivity index (χ3v) is 6.79. The van der Waals surface area contributed by atoms with Crippen LogP contribution in [0.1, 0.15) is 42.5 Å². The van der Waals surface area contributed by atoms with Crippen LogP contribution >= 0.6 is 0 Å². The normalized spacial score (nSPS) is 16.9. The topological polar surface area (TPSA) is 50.6 Å². The number of rotatable bonds is 5. The van der Waals surface area contributed by atoms with Crippen LogP contribution in [0.15, 0.2) is 59.4 Å². The van der Waals surface area contributed by atoms with Crippen molar-refractivity contribution in [3.8, 4) is 5.75 Å². The minimum Gasteiger partial charge on any atom is -0.497 e. The van der Waals surface area contributed by atoms with E-state index < -0.39 is 0 Å². The summed E-state index contributed by atoms with van der Waals surface area (Å²) in [5.41, 5.74) is 3.80. The number of fused-ring (bicyclic) bond motifs is 1. The molecule has 0 spiro atoms. The minimum absolute atomic E-state index is 0.0672. The van der Waals surface area contributed by atoms with Gasteiger partial charge in [-0.2, -0.15) is 0 Å². The van der Waals surface area contributed by atoms with Crippen molar-refractivity contribution in [1.29, 1.82) is 0 Å². The number of hydrogen-bond acceptors (Lipinski definition) is 5. The molecule has 0 saturated heterocycles. The van der Waals surface area contributed by atoms with E-state index in [0.717, 1.165) is 40.9 Å². The van der Waals surface area contributed by atoms with Crippen LogP contribution in [-0.4, -0.2) is 34.3 Å². The molecule has 0 bridgehead atoms. The van der Waals surface area contributed by atoms with E-state index in [9.17, 15) is 4.79 Å². The maximum atomic E-state index is 13.7. The van der Waals surface area contributed by atoms with Crippen molar-refractivity contribution in [2.45, 2.75) is 51.7 Å². The van der Waals surface area contributed by atoms with Gasteiger partial charge < -0.3 is 4.74 Å². The fourth-order valence-corrected chi connectivity index (χ4v) is 4.95. The number of methoxy groups -OCH3 is 1. The first-order valence-electron chi connectivity index (χ1n) is 11.4. The molecule has 0 atom stereocenters. The number of nitrogens with zero attached hydrogens (tertiary/aromatic N) is 4. The molecule has 0 amide bonds. The number of anilines is 2. The molecule has 0 radical (unpaired) electrons. The van der Waals surface area contributed by atoms with Crippen molar-refractivity contribution in [1.82, 2.24) is 14.5 Å². The molecule has 32 heavy (non-hydrogen) atoms. The summed E-state index contributed by atoms with van der Waals surface area (Å²) in [7, 11) is 1.67. The average molecular weight is 431 g/mol. The first kappa shape index (κ1) is 20.8. The van der Waals surface area contributed by atoms with Crippen molar-refractivity contribution < 1.29 is 4.74 Å². The van der Waals surface area contributed by atoms with E-state index in [2.05, 4.69) is 21.9 Å². The highest BCUT2D eigenvalue weighted by Crippen LogP contribution is 2.33. The molecule has 0 N–H and O–H groups in total. The monoisotopic (exact) mass is 430 g/mol. The van der Waals surface area contributed by atoms with Crippen molar-refractivity contribution in [3.05, 3.63) is 81.8 Å². The van der Waals surface area contributed by atoms with E-state index >= 15 is 0 Å². The lowest BCUT2D eigenvalue weighted by Gasteiger charge is -2.41. The van der Waals surface area contributed by atoms with Crippen LogP contribution in [0.5, 0.6) is 5.75 Å². The fourth-order valence-electron chi connectivity index (χ4n) is 4.95. The van der Waals surface area contributed by atoms with Gasteiger partial charge in [0.05, 0.1) is 26.1 Å². The summed E-state index contributed by atoms with van der Waals surface area (Å²) in [5.74, 6) is 1.54. The Morgan fingerprint density at radius 1 is 1.00 bits per heavy atom. The summed E-state index contributed by atoms with van der Waals surface area (Å²) < 4.78 is 7.21. The molecule has 2 aromatic carbocycles. The van der Waals surface area contributed by atoms with Crippen LogP contribution in [0.25, 0.3) is 0 Å². The molecule has 1 aromatic heterocycles. The molecule has 6 heteroatoms. The second-order valence-corrected chi connectivity index (χ2v) is 8.81. The molecular weight excluding hydrogens is 400 g/mol. The van der Waals surface area contributed by atoms with Gasteiger partial charge in [-0.15, -0.1) is 0 Å². The summed E-state index contributed by atoms with van der Waals surface area (Å²) >= 11 is 0. The zero-order valence-electron chi connectivity index (χ0n) is 18.8. The molecule has 3 aromatic rings. The molecule has 0 unspecified atom stereocenters. The lowest BCUT2D eigenvalue weighted by molar-refractivity contribution is 0.138. The number of hydrogen-bond donors (Lipinski definition) is 0. The smallest absolute Gasteiger partial charge is 0.259 e. The molecule has 2 heterocycles. The predicted octanol–water partition coefficient (Wildman–Crippen LogP) is 4.46. The van der Waals surface area contributed by atoms with E-state index in [1.165, 1.54) is 25.7 Å². The van der Waals surface area contributed by atoms with Gasteiger partial charge in [-0.1, -0.05) is 43.2 Å². The number of aryl methyl sites for hydroxylation is 1. The van der Waals surface area contributed by atoms with E-state index in [1.54, 1.807) is 7.11 Å². The highest BCUT2D eigenvalue weighted by atomic mass is 16.5. The second-order valence-electron chi connectivity index (χ2n) is 8.81. The number of benzene rings is 2. The minimum atomic E-state index is 0.0672. The van der Waals surface area contributed by atoms with Crippen molar-refractivity contribution in [2.75, 3.05) is 18.7 Å².